The maximum absolute atomic E-state index is 15.1. The number of hydrazine groups is 1. The molecule has 0 saturated carbocycles. The largest absolute Gasteiger partial charge is 0.443 e. The summed E-state index contributed by atoms with van der Waals surface area (Å²) < 4.78 is 21.6. The zero-order chi connectivity index (χ0) is 20.4. The lowest BCUT2D eigenvalue weighted by molar-refractivity contribution is -0.384. The fourth-order valence-electron chi connectivity index (χ4n) is 3.15. The first-order chi connectivity index (χ1) is 12.4. The van der Waals surface area contributed by atoms with Gasteiger partial charge in [0.1, 0.15) is 17.5 Å². The first kappa shape index (κ1) is 20.9. The van der Waals surface area contributed by atoms with Gasteiger partial charge in [0, 0.05) is 26.1 Å². The Labute approximate surface area is 157 Å². The Morgan fingerprint density at radius 1 is 1.52 bits per heavy atom. The highest BCUT2D eigenvalue weighted by molar-refractivity contribution is 5.67. The number of nitrogens with one attached hydrogen (secondary N) is 2. The molecule has 2 unspecified atom stereocenters. The van der Waals surface area contributed by atoms with Crippen LogP contribution in [0, 0.1) is 10.1 Å². The molecule has 1 fully saturated rings. The van der Waals surface area contributed by atoms with Crippen molar-refractivity contribution >= 4 is 17.6 Å². The number of hydrogen-bond acceptors (Lipinski definition) is 7. The van der Waals surface area contributed by atoms with Crippen molar-refractivity contribution in [1.82, 2.24) is 20.6 Å². The Bertz CT molecular complexity index is 700. The van der Waals surface area contributed by atoms with Gasteiger partial charge in [-0.05, 0) is 34.1 Å². The second-order valence-corrected chi connectivity index (χ2v) is 8.03. The molecule has 2 rings (SSSR count). The van der Waals surface area contributed by atoms with Gasteiger partial charge in [0.25, 0.3) is 0 Å². The van der Waals surface area contributed by atoms with E-state index in [1.165, 1.54) is 11.6 Å². The molecule has 11 heteroatoms. The minimum Gasteiger partial charge on any atom is -0.443 e. The number of nitro groups is 1. The molecule has 1 aliphatic heterocycles. The lowest BCUT2D eigenvalue weighted by atomic mass is 9.99. The number of anilines is 1. The maximum atomic E-state index is 15.1. The van der Waals surface area contributed by atoms with Gasteiger partial charge in [0.05, 0.1) is 11.5 Å². The highest BCUT2D eigenvalue weighted by atomic mass is 19.1. The molecule has 1 aliphatic rings. The number of ether oxygens (including phenoxy) is 1. The summed E-state index contributed by atoms with van der Waals surface area (Å²) >= 11 is 0. The quantitative estimate of drug-likeness (QED) is 0.601. The third-order valence-corrected chi connectivity index (χ3v) is 4.10. The van der Waals surface area contributed by atoms with Gasteiger partial charge in [0.2, 0.25) is 5.82 Å². The van der Waals surface area contributed by atoms with E-state index in [4.69, 9.17) is 4.74 Å². The lowest BCUT2D eigenvalue weighted by Crippen LogP contribution is -2.48. The Balaban J connectivity index is 2.07. The molecule has 1 saturated heterocycles. The van der Waals surface area contributed by atoms with Crippen molar-refractivity contribution in [3.63, 3.8) is 0 Å². The molecule has 2 heterocycles. The highest BCUT2D eigenvalue weighted by Gasteiger charge is 2.37. The molecule has 1 aromatic heterocycles. The van der Waals surface area contributed by atoms with Crippen LogP contribution in [0.1, 0.15) is 40.5 Å². The summed E-state index contributed by atoms with van der Waals surface area (Å²) in [7, 11) is 1.59. The van der Waals surface area contributed by atoms with Crippen molar-refractivity contribution in [2.24, 2.45) is 7.05 Å². The van der Waals surface area contributed by atoms with E-state index < -0.39 is 22.3 Å². The van der Waals surface area contributed by atoms with E-state index in [9.17, 15) is 14.9 Å². The molecule has 152 valence electrons. The Morgan fingerprint density at radius 2 is 2.19 bits per heavy atom. The number of hydrogen-bond donors (Lipinski definition) is 2. The summed E-state index contributed by atoms with van der Waals surface area (Å²) in [6.45, 7) is 7.03. The van der Waals surface area contributed by atoms with Crippen molar-refractivity contribution in [1.29, 1.82) is 0 Å². The molecular formula is C16H27FN6O4. The van der Waals surface area contributed by atoms with Crippen LogP contribution >= 0.6 is 0 Å². The Morgan fingerprint density at radius 3 is 2.78 bits per heavy atom. The van der Waals surface area contributed by atoms with Crippen LogP contribution in [0.25, 0.3) is 0 Å². The monoisotopic (exact) mass is 386 g/mol. The van der Waals surface area contributed by atoms with Gasteiger partial charge in [-0.25, -0.2) is 19.3 Å². The fourth-order valence-corrected chi connectivity index (χ4v) is 3.15. The van der Waals surface area contributed by atoms with Crippen molar-refractivity contribution in [3.8, 4) is 0 Å². The van der Waals surface area contributed by atoms with Crippen molar-refractivity contribution in [2.45, 2.75) is 57.8 Å². The number of carbonyl (C=O) groups excluding carboxylic acids is 1. The van der Waals surface area contributed by atoms with E-state index in [1.54, 1.807) is 32.7 Å². The van der Waals surface area contributed by atoms with Crippen LogP contribution in [0.5, 0.6) is 0 Å². The first-order valence-corrected chi connectivity index (χ1v) is 8.73. The van der Waals surface area contributed by atoms with E-state index in [2.05, 4.69) is 16.0 Å². The third kappa shape index (κ3) is 5.78. The third-order valence-electron chi connectivity index (χ3n) is 4.10. The second kappa shape index (κ2) is 7.67. The lowest BCUT2D eigenvalue weighted by Gasteiger charge is -2.27. The van der Waals surface area contributed by atoms with E-state index in [0.29, 0.717) is 13.0 Å². The van der Waals surface area contributed by atoms with Crippen LogP contribution in [0.3, 0.4) is 0 Å². The zero-order valence-electron chi connectivity index (χ0n) is 16.3. The number of nitrogens with zero attached hydrogens (tertiary/aromatic N) is 4. The van der Waals surface area contributed by atoms with E-state index >= 15 is 4.39 Å². The Hall–Kier alpha value is -2.43. The van der Waals surface area contributed by atoms with Gasteiger partial charge in [0.15, 0.2) is 0 Å². The van der Waals surface area contributed by atoms with Crippen LogP contribution in [-0.2, 0) is 11.8 Å². The minimum atomic E-state index is -1.62. The van der Waals surface area contributed by atoms with Gasteiger partial charge in [-0.15, -0.1) is 0 Å². The van der Waals surface area contributed by atoms with Crippen LogP contribution in [0.4, 0.5) is 20.7 Å². The predicted octanol–water partition coefficient (Wildman–Crippen LogP) is 2.05. The van der Waals surface area contributed by atoms with Gasteiger partial charge in [-0.2, -0.15) is 5.10 Å². The average molecular weight is 386 g/mol. The van der Waals surface area contributed by atoms with E-state index in [0.717, 1.165) is 6.20 Å². The molecule has 0 bridgehead atoms. The number of halogens is 1. The van der Waals surface area contributed by atoms with Crippen LogP contribution in [0.2, 0.25) is 0 Å². The van der Waals surface area contributed by atoms with Gasteiger partial charge < -0.3 is 9.64 Å². The molecule has 1 aromatic rings. The fraction of sp³-hybridized carbons (Fsp3) is 0.750. The molecule has 27 heavy (non-hydrogen) atoms. The van der Waals surface area contributed by atoms with Gasteiger partial charge in [-0.3, -0.25) is 15.5 Å². The highest BCUT2D eigenvalue weighted by Crippen LogP contribution is 2.32. The van der Waals surface area contributed by atoms with Gasteiger partial charge in [-0.1, -0.05) is 0 Å². The topological polar surface area (TPSA) is 115 Å². The van der Waals surface area contributed by atoms with Crippen molar-refractivity contribution in [3.05, 3.63) is 16.3 Å². The average Bonchev–Trinajstić information content (AvgIpc) is 2.80. The maximum Gasteiger partial charge on any atom is 0.422 e. The summed E-state index contributed by atoms with van der Waals surface area (Å²) in [5.41, 5.74) is 2.83. The summed E-state index contributed by atoms with van der Waals surface area (Å²) in [4.78, 5) is 24.1. The number of carbonyl (C=O) groups is 1. The molecule has 0 aliphatic carbocycles. The minimum absolute atomic E-state index is 0.0159. The first-order valence-electron chi connectivity index (χ1n) is 8.73. The number of rotatable bonds is 4. The number of aryl methyl sites for hydroxylation is 1. The predicted molar refractivity (Wildman–Crippen MR) is 97.1 cm³/mol. The molecule has 0 spiro atoms. The van der Waals surface area contributed by atoms with Crippen LogP contribution in [-0.4, -0.2) is 51.2 Å². The normalized spacial score (nSPS) is 23.6. The number of alkyl halides is 1. The SMILES string of the molecule is Cn1ncc([N+](=O)[O-])c1N1CCC(NNC(=O)OC(C)(C)C)CC(C)(F)C1. The molecule has 0 aromatic carbocycles. The van der Waals surface area contributed by atoms with E-state index in [1.807, 2.05) is 0 Å². The molecule has 0 radical (unpaired) electrons. The number of aromatic nitrogens is 2. The molecule has 1 amide bonds. The van der Waals surface area contributed by atoms with Gasteiger partial charge >= 0.3 is 11.8 Å². The zero-order valence-corrected chi connectivity index (χ0v) is 16.3. The molecule has 2 atom stereocenters. The van der Waals surface area contributed by atoms with Crippen LogP contribution in [0.15, 0.2) is 6.20 Å². The number of amides is 1. The smallest absolute Gasteiger partial charge is 0.422 e. The standard InChI is InChI=1S/C16H27FN6O4/c1-15(2,3)27-14(24)20-19-11-6-7-22(10-16(4,17)8-11)13-12(23(25)26)9-18-21(13)5/h9,11,19H,6-8,10H2,1-5H3,(H,20,24). The summed E-state index contributed by atoms with van der Waals surface area (Å²) in [5.74, 6) is 0.268. The summed E-state index contributed by atoms with van der Waals surface area (Å²) in [5, 5.41) is 15.2. The van der Waals surface area contributed by atoms with Crippen molar-refractivity contribution in [2.75, 3.05) is 18.0 Å². The molecule has 2 N–H and O–H groups in total. The summed E-state index contributed by atoms with van der Waals surface area (Å²) in [6.07, 6.45) is 1.12. The molecule has 10 nitrogen and oxygen atoms in total. The molecular weight excluding hydrogens is 359 g/mol. The summed E-state index contributed by atoms with van der Waals surface area (Å²) in [6, 6.07) is -0.357. The second-order valence-electron chi connectivity index (χ2n) is 8.03. The Kier molecular flexibility index (Phi) is 5.93. The van der Waals surface area contributed by atoms with E-state index in [-0.39, 0.29) is 30.5 Å². The van der Waals surface area contributed by atoms with Crippen LogP contribution < -0.4 is 15.8 Å². The van der Waals surface area contributed by atoms with Crippen molar-refractivity contribution < 1.29 is 18.8 Å².